The van der Waals surface area contributed by atoms with Crippen LogP contribution in [0.3, 0.4) is 0 Å². The minimum absolute atomic E-state index is 0. The zero-order valence-electron chi connectivity index (χ0n) is 16.6. The molecule has 0 heterocycles. The van der Waals surface area contributed by atoms with E-state index >= 15 is 0 Å². The number of azo groups is 1. The second kappa shape index (κ2) is 9.38. The van der Waals surface area contributed by atoms with Gasteiger partial charge in [-0.2, -0.15) is 16.8 Å². The number of fused-ring (bicyclic) bond motifs is 1. The largest absolute Gasteiger partial charge is 0.505 e. The van der Waals surface area contributed by atoms with Crippen LogP contribution in [0.15, 0.2) is 61.3 Å². The third kappa shape index (κ3) is 5.66. The number of rotatable bonds is 5. The van der Waals surface area contributed by atoms with Crippen molar-refractivity contribution in [3.05, 3.63) is 42.0 Å². The molecular weight excluding hydrogens is 568 g/mol. The third-order valence-electron chi connectivity index (χ3n) is 4.43. The summed E-state index contributed by atoms with van der Waals surface area (Å²) in [5, 5.41) is 27.6. The van der Waals surface area contributed by atoms with Gasteiger partial charge in [-0.25, -0.2) is 0 Å². The first kappa shape index (κ1) is 27.9. The van der Waals surface area contributed by atoms with E-state index in [0.29, 0.717) is 0 Å². The number of aromatic hydroxyl groups is 2. The zero-order valence-corrected chi connectivity index (χ0v) is 20.0. The molecule has 0 unspecified atom stereocenters. The normalized spacial score (nSPS) is 13.2. The Balaban J connectivity index is 0.00000408. The molecule has 3 aromatic carbocycles. The van der Waals surface area contributed by atoms with Crippen molar-refractivity contribution in [3.8, 4) is 11.5 Å². The summed E-state index contributed by atoms with van der Waals surface area (Å²) in [6.45, 7) is 1.29. The van der Waals surface area contributed by atoms with E-state index in [0.717, 1.165) is 36.4 Å². The summed E-state index contributed by atoms with van der Waals surface area (Å²) in [6, 6.07) is 5.61. The number of hydrogen-bond acceptors (Lipinski definition) is 11. The SMILES string of the molecule is Cc1cc(S(=O)(=O)O)cc(N=Nc2c(S(=O)(=O)O)cc3cc(S(O)(O)O)ccc3c2O)c1O.[Cu]. The minimum Gasteiger partial charge on any atom is -0.505 e. The molecule has 17 heteroatoms. The summed E-state index contributed by atoms with van der Waals surface area (Å²) < 4.78 is 93.5. The number of hydrogen-bond donors (Lipinski definition) is 7. The average Bonchev–Trinajstić information content (AvgIpc) is 2.67. The first-order chi connectivity index (χ1) is 15.0. The fourth-order valence-electron chi connectivity index (χ4n) is 2.85. The molecule has 0 saturated heterocycles. The van der Waals surface area contributed by atoms with Crippen molar-refractivity contribution in [2.45, 2.75) is 21.6 Å². The molecule has 0 aromatic heterocycles. The van der Waals surface area contributed by atoms with E-state index in [1.807, 2.05) is 0 Å². The van der Waals surface area contributed by atoms with Crippen LogP contribution in [0.5, 0.6) is 11.5 Å². The van der Waals surface area contributed by atoms with Gasteiger partial charge in [0.05, 0.1) is 9.79 Å². The monoisotopic (exact) mass is 583 g/mol. The van der Waals surface area contributed by atoms with Crippen molar-refractivity contribution in [3.63, 3.8) is 0 Å². The number of aryl methyl sites for hydroxylation is 1. The predicted molar refractivity (Wildman–Crippen MR) is 116 cm³/mol. The van der Waals surface area contributed by atoms with Gasteiger partial charge in [0.25, 0.3) is 20.2 Å². The Kier molecular flexibility index (Phi) is 7.71. The van der Waals surface area contributed by atoms with Gasteiger partial charge in [-0.1, -0.05) is 0 Å². The van der Waals surface area contributed by atoms with Crippen LogP contribution >= 0.6 is 10.9 Å². The molecule has 0 aliphatic rings. The molecule has 13 nitrogen and oxygen atoms in total. The fourth-order valence-corrected chi connectivity index (χ4v) is 4.63. The van der Waals surface area contributed by atoms with Crippen LogP contribution < -0.4 is 0 Å². The summed E-state index contributed by atoms with van der Waals surface area (Å²) in [4.78, 5) is -2.00. The second-order valence-corrected chi connectivity index (χ2v) is 11.1. The number of benzene rings is 3. The first-order valence-corrected chi connectivity index (χ1v) is 12.9. The Bertz CT molecular complexity index is 1530. The number of phenolic OH excluding ortho intramolecular Hbond substituents is 2. The summed E-state index contributed by atoms with van der Waals surface area (Å²) in [5.74, 6) is -1.38. The van der Waals surface area contributed by atoms with Crippen LogP contribution in [-0.2, 0) is 37.3 Å². The maximum Gasteiger partial charge on any atom is 0.296 e. The molecule has 0 aliphatic carbocycles. The van der Waals surface area contributed by atoms with Gasteiger partial charge in [0.15, 0.2) is 5.75 Å². The third-order valence-corrected chi connectivity index (χ3v) is 7.01. The molecule has 0 amide bonds. The van der Waals surface area contributed by atoms with E-state index in [1.165, 1.54) is 6.92 Å². The van der Waals surface area contributed by atoms with Crippen molar-refractivity contribution in [1.82, 2.24) is 0 Å². The zero-order chi connectivity index (χ0) is 24.9. The van der Waals surface area contributed by atoms with Gasteiger partial charge >= 0.3 is 0 Å². The van der Waals surface area contributed by atoms with Crippen LogP contribution in [0.4, 0.5) is 11.4 Å². The van der Waals surface area contributed by atoms with Crippen molar-refractivity contribution in [1.29, 1.82) is 0 Å². The van der Waals surface area contributed by atoms with Crippen LogP contribution in [0.1, 0.15) is 5.56 Å². The molecule has 3 rings (SSSR count). The van der Waals surface area contributed by atoms with Crippen molar-refractivity contribution in [2.75, 3.05) is 0 Å². The van der Waals surface area contributed by atoms with Crippen molar-refractivity contribution < 1.29 is 66.9 Å². The predicted octanol–water partition coefficient (Wildman–Crippen LogP) is 4.05. The van der Waals surface area contributed by atoms with Gasteiger partial charge in [-0.3, -0.25) is 9.11 Å². The fraction of sp³-hybridized carbons (Fsp3) is 0.0588. The van der Waals surface area contributed by atoms with Crippen molar-refractivity contribution in [2.24, 2.45) is 10.2 Å². The molecule has 0 atom stereocenters. The molecule has 0 bridgehead atoms. The topological polar surface area (TPSA) is 235 Å². The molecule has 0 aliphatic heterocycles. The molecule has 34 heavy (non-hydrogen) atoms. The van der Waals surface area contributed by atoms with Crippen LogP contribution in [0.25, 0.3) is 10.8 Å². The Morgan fingerprint density at radius 3 is 1.88 bits per heavy atom. The Labute approximate surface area is 204 Å². The van der Waals surface area contributed by atoms with Gasteiger partial charge in [0, 0.05) is 22.5 Å². The molecular formula is C17H16CuN2O11S3. The van der Waals surface area contributed by atoms with E-state index in [2.05, 4.69) is 10.2 Å². The van der Waals surface area contributed by atoms with Gasteiger partial charge in [0.2, 0.25) is 0 Å². The quantitative estimate of drug-likeness (QED) is 0.128. The first-order valence-electron chi connectivity index (χ1n) is 8.51. The Hall–Kier alpha value is -2.31. The van der Waals surface area contributed by atoms with Crippen molar-refractivity contribution >= 4 is 53.3 Å². The maximum atomic E-state index is 11.9. The molecule has 7 N–H and O–H groups in total. The van der Waals surface area contributed by atoms with Gasteiger partial charge < -0.3 is 23.9 Å². The van der Waals surface area contributed by atoms with Crippen LogP contribution in [0, 0.1) is 6.92 Å². The molecule has 189 valence electrons. The molecule has 0 saturated carbocycles. The number of nitrogens with zero attached hydrogens (tertiary/aromatic N) is 2. The van der Waals surface area contributed by atoms with Gasteiger partial charge in [0.1, 0.15) is 32.9 Å². The second-order valence-electron chi connectivity index (χ2n) is 6.73. The summed E-state index contributed by atoms with van der Waals surface area (Å²) in [5.41, 5.74) is -1.32. The molecule has 1 radical (unpaired) electrons. The molecule has 0 spiro atoms. The summed E-state index contributed by atoms with van der Waals surface area (Å²) in [6.07, 6.45) is 0. The van der Waals surface area contributed by atoms with Gasteiger partial charge in [-0.05, 0) is 54.3 Å². The minimum atomic E-state index is -5.04. The van der Waals surface area contributed by atoms with E-state index < -0.39 is 68.7 Å². The smallest absolute Gasteiger partial charge is 0.296 e. The summed E-state index contributed by atoms with van der Waals surface area (Å²) in [7, 11) is -13.9. The van der Waals surface area contributed by atoms with E-state index in [9.17, 15) is 49.8 Å². The Morgan fingerprint density at radius 1 is 0.735 bits per heavy atom. The summed E-state index contributed by atoms with van der Waals surface area (Å²) >= 11 is 0. The number of phenols is 2. The van der Waals surface area contributed by atoms with Crippen LogP contribution in [-0.4, -0.2) is 49.8 Å². The maximum absolute atomic E-state index is 11.9. The van der Waals surface area contributed by atoms with E-state index in [1.54, 1.807) is 0 Å². The standard InChI is InChI=1S/C17H16N2O11S3.Cu/c1-8-4-11(32(25,26)27)7-13(16(8)20)18-19-15-14(33(28,29)30)6-9-5-10(31(22,23)24)2-3-12(9)17(15)21;/h2-7,20-24H,1H3,(H,25,26,27)(H,28,29,30);. The average molecular weight is 584 g/mol. The van der Waals surface area contributed by atoms with E-state index in [4.69, 9.17) is 0 Å². The molecule has 3 aromatic rings. The molecule has 0 fully saturated rings. The van der Waals surface area contributed by atoms with Gasteiger partial charge in [-0.15, -0.1) is 10.2 Å². The Morgan fingerprint density at radius 2 is 1.35 bits per heavy atom. The van der Waals surface area contributed by atoms with E-state index in [-0.39, 0.29) is 33.4 Å². The van der Waals surface area contributed by atoms with Crippen LogP contribution in [0.2, 0.25) is 0 Å².